The van der Waals surface area contributed by atoms with Crippen LogP contribution in [0.4, 0.5) is 11.5 Å². The minimum Gasteiger partial charge on any atom is -0.493 e. The standard InChI is InChI=1S/C21H17ClN8O2/c1-29-20(31)16(27-21(29)32)6-12-10-24-30-18(26-13-4-5-13)8-17(28-19(12)30)25-14-3-2-11(9-23)15(22)7-14/h2-3,6-8,10,13,25,31H,4-5H2,1H3,(H,27,32)/b12-6+,26-18?. The lowest BCUT2D eigenvalue weighted by Crippen LogP contribution is -2.19. The monoisotopic (exact) mass is 448 g/mol. The molecule has 1 aromatic carbocycles. The Morgan fingerprint density at radius 2 is 2.22 bits per heavy atom. The molecule has 10 nitrogen and oxygen atoms in total. The third kappa shape index (κ3) is 3.59. The summed E-state index contributed by atoms with van der Waals surface area (Å²) in [6.45, 7) is 0. The Bertz CT molecular complexity index is 1590. The van der Waals surface area contributed by atoms with Crippen LogP contribution < -0.4 is 21.7 Å². The van der Waals surface area contributed by atoms with E-state index in [4.69, 9.17) is 21.9 Å². The maximum absolute atomic E-state index is 11.8. The van der Waals surface area contributed by atoms with E-state index in [1.54, 1.807) is 41.1 Å². The van der Waals surface area contributed by atoms with E-state index >= 15 is 0 Å². The van der Waals surface area contributed by atoms with Crippen molar-refractivity contribution in [1.29, 1.82) is 5.26 Å². The lowest BCUT2D eigenvalue weighted by molar-refractivity contribution is 0.428. The summed E-state index contributed by atoms with van der Waals surface area (Å²) in [6, 6.07) is 9.10. The predicted molar refractivity (Wildman–Crippen MR) is 118 cm³/mol. The number of rotatable bonds is 4. The number of anilines is 2. The molecule has 1 aliphatic rings. The molecule has 0 bridgehead atoms. The van der Waals surface area contributed by atoms with Crippen molar-refractivity contribution in [2.24, 2.45) is 12.0 Å². The Hall–Kier alpha value is -4.10. The minimum atomic E-state index is -0.428. The number of hydrogen-bond acceptors (Lipinski definition) is 7. The second-order valence-corrected chi connectivity index (χ2v) is 7.90. The van der Waals surface area contributed by atoms with Gasteiger partial charge in [0, 0.05) is 24.0 Å². The van der Waals surface area contributed by atoms with Gasteiger partial charge in [-0.1, -0.05) is 11.6 Å². The third-order valence-corrected chi connectivity index (χ3v) is 5.42. The van der Waals surface area contributed by atoms with Gasteiger partial charge < -0.3 is 15.4 Å². The molecule has 5 rings (SSSR count). The van der Waals surface area contributed by atoms with E-state index < -0.39 is 5.69 Å². The Balaban J connectivity index is 1.66. The van der Waals surface area contributed by atoms with Gasteiger partial charge in [0.05, 0.1) is 22.8 Å². The van der Waals surface area contributed by atoms with E-state index in [1.807, 2.05) is 6.07 Å². The highest BCUT2D eigenvalue weighted by Gasteiger charge is 2.20. The molecule has 0 amide bonds. The highest BCUT2D eigenvalue weighted by atomic mass is 35.5. The van der Waals surface area contributed by atoms with Crippen LogP contribution in [0, 0.1) is 11.3 Å². The van der Waals surface area contributed by atoms with Crippen molar-refractivity contribution >= 4 is 34.8 Å². The molecule has 160 valence electrons. The molecular formula is C21H17ClN8O2. The second kappa shape index (κ2) is 7.55. The Kier molecular flexibility index (Phi) is 4.68. The van der Waals surface area contributed by atoms with E-state index in [9.17, 15) is 9.90 Å². The van der Waals surface area contributed by atoms with E-state index in [1.165, 1.54) is 7.05 Å². The fourth-order valence-corrected chi connectivity index (χ4v) is 3.45. The number of aromatic hydroxyl groups is 1. The minimum absolute atomic E-state index is 0.182. The van der Waals surface area contributed by atoms with Crippen LogP contribution in [-0.4, -0.2) is 35.3 Å². The van der Waals surface area contributed by atoms with Crippen molar-refractivity contribution in [1.82, 2.24) is 24.1 Å². The van der Waals surface area contributed by atoms with Crippen LogP contribution in [0.5, 0.6) is 5.88 Å². The topological polar surface area (TPSA) is 136 Å². The summed E-state index contributed by atoms with van der Waals surface area (Å²) in [5.41, 5.74) is 2.01. The molecular weight excluding hydrogens is 432 g/mol. The largest absolute Gasteiger partial charge is 0.493 e. The van der Waals surface area contributed by atoms with E-state index in [2.05, 4.69) is 20.4 Å². The summed E-state index contributed by atoms with van der Waals surface area (Å²) in [5, 5.41) is 27.8. The van der Waals surface area contributed by atoms with Crippen molar-refractivity contribution in [3.63, 3.8) is 0 Å². The lowest BCUT2D eigenvalue weighted by Gasteiger charge is -2.07. The number of nitrogens with zero attached hydrogens (tertiary/aromatic N) is 6. The molecule has 0 spiro atoms. The van der Waals surface area contributed by atoms with Gasteiger partial charge in [-0.15, -0.1) is 0 Å². The number of aromatic nitrogens is 5. The fraction of sp³-hybridized carbons (Fsp3) is 0.190. The Labute approximate surface area is 185 Å². The van der Waals surface area contributed by atoms with Crippen LogP contribution in [0.15, 0.2) is 40.2 Å². The molecule has 3 aromatic heterocycles. The number of halogens is 1. The maximum Gasteiger partial charge on any atom is 0.328 e. The van der Waals surface area contributed by atoms with Crippen molar-refractivity contribution in [3.05, 3.63) is 67.9 Å². The zero-order chi connectivity index (χ0) is 22.4. The van der Waals surface area contributed by atoms with Gasteiger partial charge in [-0.3, -0.25) is 9.56 Å². The van der Waals surface area contributed by atoms with E-state index in [-0.39, 0.29) is 17.6 Å². The molecule has 1 fully saturated rings. The summed E-state index contributed by atoms with van der Waals surface area (Å²) < 4.78 is 2.74. The van der Waals surface area contributed by atoms with Gasteiger partial charge in [0.25, 0.3) is 0 Å². The van der Waals surface area contributed by atoms with Crippen LogP contribution >= 0.6 is 11.6 Å². The summed E-state index contributed by atoms with van der Waals surface area (Å²) in [6.07, 6.45) is 5.26. The molecule has 0 unspecified atom stereocenters. The zero-order valence-electron chi connectivity index (χ0n) is 16.9. The number of nitriles is 1. The van der Waals surface area contributed by atoms with Gasteiger partial charge in [0.15, 0.2) is 11.1 Å². The summed E-state index contributed by atoms with van der Waals surface area (Å²) in [7, 11) is 1.47. The first-order valence-corrected chi connectivity index (χ1v) is 10.2. The third-order valence-electron chi connectivity index (χ3n) is 5.11. The van der Waals surface area contributed by atoms with E-state index in [0.29, 0.717) is 38.4 Å². The molecule has 3 N–H and O–H groups in total. The lowest BCUT2D eigenvalue weighted by atomic mass is 10.2. The maximum atomic E-state index is 11.8. The summed E-state index contributed by atoms with van der Waals surface area (Å²) >= 11 is 6.15. The number of benzene rings is 1. The van der Waals surface area contributed by atoms with Gasteiger partial charge in [0.1, 0.15) is 17.6 Å². The zero-order valence-corrected chi connectivity index (χ0v) is 17.6. The predicted octanol–water partition coefficient (Wildman–Crippen LogP) is 1.34. The fourth-order valence-electron chi connectivity index (χ4n) is 3.23. The Morgan fingerprint density at radius 3 is 2.88 bits per heavy atom. The average molecular weight is 449 g/mol. The smallest absolute Gasteiger partial charge is 0.328 e. The SMILES string of the molecule is Cn1c(O)c(/C=c2\cnn3c(=NC4CC4)cc(Nc4ccc(C#N)c(Cl)c4)nc23)[nH]c1=O. The van der Waals surface area contributed by atoms with Crippen molar-refractivity contribution in [2.45, 2.75) is 18.9 Å². The number of imidazole rings is 1. The van der Waals surface area contributed by atoms with Crippen LogP contribution in [0.1, 0.15) is 24.1 Å². The van der Waals surface area contributed by atoms with Gasteiger partial charge in [-0.2, -0.15) is 14.9 Å². The van der Waals surface area contributed by atoms with Crippen LogP contribution in [0.2, 0.25) is 5.02 Å². The summed E-state index contributed by atoms with van der Waals surface area (Å²) in [4.78, 5) is 23.8. The molecule has 32 heavy (non-hydrogen) atoms. The van der Waals surface area contributed by atoms with Gasteiger partial charge in [0.2, 0.25) is 5.88 Å². The molecule has 0 saturated heterocycles. The van der Waals surface area contributed by atoms with Crippen LogP contribution in [0.3, 0.4) is 0 Å². The quantitative estimate of drug-likeness (QED) is 0.431. The number of H-pyrrole nitrogens is 1. The molecule has 1 aliphatic carbocycles. The number of aromatic amines is 1. The second-order valence-electron chi connectivity index (χ2n) is 7.50. The number of hydrogen-bond donors (Lipinski definition) is 3. The molecule has 0 radical (unpaired) electrons. The highest BCUT2D eigenvalue weighted by Crippen LogP contribution is 2.24. The van der Waals surface area contributed by atoms with Crippen molar-refractivity contribution in [3.8, 4) is 11.9 Å². The molecule has 4 aromatic rings. The molecule has 3 heterocycles. The molecule has 11 heteroatoms. The van der Waals surface area contributed by atoms with Crippen LogP contribution in [0.25, 0.3) is 11.7 Å². The molecule has 0 aliphatic heterocycles. The van der Waals surface area contributed by atoms with Gasteiger partial charge in [-0.05, 0) is 37.1 Å². The first-order chi connectivity index (χ1) is 15.4. The first-order valence-electron chi connectivity index (χ1n) is 9.82. The van der Waals surface area contributed by atoms with Gasteiger partial charge >= 0.3 is 5.69 Å². The van der Waals surface area contributed by atoms with Crippen LogP contribution in [-0.2, 0) is 7.05 Å². The van der Waals surface area contributed by atoms with Crippen molar-refractivity contribution < 1.29 is 5.11 Å². The number of nitrogens with one attached hydrogen (secondary N) is 2. The normalized spacial score (nSPS) is 14.8. The van der Waals surface area contributed by atoms with Crippen molar-refractivity contribution in [2.75, 3.05) is 5.32 Å². The molecule has 1 saturated carbocycles. The number of fused-ring (bicyclic) bond motifs is 1. The highest BCUT2D eigenvalue weighted by molar-refractivity contribution is 6.32. The average Bonchev–Trinajstić information content (AvgIpc) is 3.45. The Morgan fingerprint density at radius 1 is 1.41 bits per heavy atom. The van der Waals surface area contributed by atoms with E-state index in [0.717, 1.165) is 17.4 Å². The summed E-state index contributed by atoms with van der Waals surface area (Å²) in [5.74, 6) is 0.331. The first kappa shape index (κ1) is 19.8. The molecule has 0 atom stereocenters. The van der Waals surface area contributed by atoms with Gasteiger partial charge in [-0.25, -0.2) is 9.78 Å².